The number of ether oxygens (including phenoxy) is 1. The van der Waals surface area contributed by atoms with Gasteiger partial charge in [-0.25, -0.2) is 9.78 Å². The van der Waals surface area contributed by atoms with Crippen LogP contribution in [-0.4, -0.2) is 35.4 Å². The lowest BCUT2D eigenvalue weighted by Gasteiger charge is -2.26. The van der Waals surface area contributed by atoms with Crippen molar-refractivity contribution in [3.8, 4) is 0 Å². The van der Waals surface area contributed by atoms with Crippen molar-refractivity contribution in [1.29, 1.82) is 0 Å². The molecule has 0 unspecified atom stereocenters. The number of nitrogens with zero attached hydrogens (tertiary/aromatic N) is 2. The molecule has 0 spiro atoms. The average Bonchev–Trinajstić information content (AvgIpc) is 2.92. The maximum atomic E-state index is 12.6. The highest BCUT2D eigenvalue weighted by Gasteiger charge is 2.22. The third-order valence-electron chi connectivity index (χ3n) is 3.60. The van der Waals surface area contributed by atoms with Crippen LogP contribution in [0, 0.1) is 11.3 Å². The van der Waals surface area contributed by atoms with Gasteiger partial charge in [-0.1, -0.05) is 34.6 Å². The summed E-state index contributed by atoms with van der Waals surface area (Å²) >= 11 is 1.39. The number of carbonyl (C=O) groups excluding carboxylic acids is 2. The van der Waals surface area contributed by atoms with Crippen molar-refractivity contribution in [3.05, 3.63) is 16.1 Å². The number of rotatable bonds is 8. The van der Waals surface area contributed by atoms with Gasteiger partial charge >= 0.3 is 5.97 Å². The minimum absolute atomic E-state index is 0.156. The number of thiazole rings is 1. The molecule has 136 valence electrons. The van der Waals surface area contributed by atoms with E-state index in [-0.39, 0.29) is 11.3 Å². The van der Waals surface area contributed by atoms with Gasteiger partial charge in [-0.15, -0.1) is 11.3 Å². The monoisotopic (exact) mass is 354 g/mol. The van der Waals surface area contributed by atoms with Crippen LogP contribution in [0.5, 0.6) is 0 Å². The van der Waals surface area contributed by atoms with Crippen LogP contribution in [0.1, 0.15) is 69.4 Å². The van der Waals surface area contributed by atoms with Crippen molar-refractivity contribution >= 4 is 23.2 Å². The average molecular weight is 355 g/mol. The largest absolute Gasteiger partial charge is 0.464 e. The summed E-state index contributed by atoms with van der Waals surface area (Å²) in [4.78, 5) is 30.3. The second kappa shape index (κ2) is 9.16. The fourth-order valence-corrected chi connectivity index (χ4v) is 3.63. The van der Waals surface area contributed by atoms with Crippen LogP contribution in [0.25, 0.3) is 0 Å². The minimum Gasteiger partial charge on any atom is -0.464 e. The van der Waals surface area contributed by atoms with Crippen molar-refractivity contribution < 1.29 is 14.3 Å². The Kier molecular flexibility index (Phi) is 7.87. The molecule has 1 atom stereocenters. The van der Waals surface area contributed by atoms with Gasteiger partial charge in [0.2, 0.25) is 5.91 Å². The normalized spacial score (nSPS) is 12.8. The SMILES string of the molecule is CCCN(Cc1nc(C(=O)OC)cs1)C(=O)C[C@@H](C)CC(C)(C)C. The van der Waals surface area contributed by atoms with Gasteiger partial charge in [0.1, 0.15) is 5.01 Å². The smallest absolute Gasteiger partial charge is 0.357 e. The predicted octanol–water partition coefficient (Wildman–Crippen LogP) is 4.13. The topological polar surface area (TPSA) is 59.5 Å². The molecule has 5 nitrogen and oxygen atoms in total. The zero-order valence-electron chi connectivity index (χ0n) is 15.7. The van der Waals surface area contributed by atoms with Crippen LogP contribution in [0.2, 0.25) is 0 Å². The third kappa shape index (κ3) is 6.99. The van der Waals surface area contributed by atoms with Crippen molar-refractivity contribution in [3.63, 3.8) is 0 Å². The van der Waals surface area contributed by atoms with E-state index in [2.05, 4.69) is 44.3 Å². The summed E-state index contributed by atoms with van der Waals surface area (Å²) in [5, 5.41) is 2.44. The number of methoxy groups -OCH3 is 1. The molecule has 1 aromatic rings. The predicted molar refractivity (Wildman–Crippen MR) is 97.0 cm³/mol. The van der Waals surface area contributed by atoms with Crippen LogP contribution in [0.15, 0.2) is 5.38 Å². The lowest BCUT2D eigenvalue weighted by molar-refractivity contribution is -0.133. The highest BCUT2D eigenvalue weighted by molar-refractivity contribution is 7.09. The molecule has 0 fully saturated rings. The number of hydrogen-bond acceptors (Lipinski definition) is 5. The van der Waals surface area contributed by atoms with Gasteiger partial charge in [0.05, 0.1) is 13.7 Å². The van der Waals surface area contributed by atoms with Crippen LogP contribution in [0.4, 0.5) is 0 Å². The van der Waals surface area contributed by atoms with E-state index < -0.39 is 5.97 Å². The molecule has 0 aliphatic heterocycles. The summed E-state index contributed by atoms with van der Waals surface area (Å²) in [5.74, 6) is 0.0619. The number of carbonyl (C=O) groups is 2. The van der Waals surface area contributed by atoms with E-state index in [1.807, 2.05) is 4.90 Å². The Hall–Kier alpha value is -1.43. The molecule has 6 heteroatoms. The molecule has 24 heavy (non-hydrogen) atoms. The molecule has 0 saturated heterocycles. The molecular weight excluding hydrogens is 324 g/mol. The molecule has 0 aliphatic carbocycles. The number of esters is 1. The van der Waals surface area contributed by atoms with Gasteiger partial charge in [-0.05, 0) is 24.2 Å². The lowest BCUT2D eigenvalue weighted by Crippen LogP contribution is -2.32. The first-order valence-electron chi connectivity index (χ1n) is 8.46. The summed E-state index contributed by atoms with van der Waals surface area (Å²) < 4.78 is 4.67. The van der Waals surface area contributed by atoms with E-state index in [1.165, 1.54) is 18.4 Å². The van der Waals surface area contributed by atoms with Crippen molar-refractivity contribution in [2.24, 2.45) is 11.3 Å². The van der Waals surface area contributed by atoms with Gasteiger partial charge in [0, 0.05) is 18.3 Å². The molecule has 1 aromatic heterocycles. The van der Waals surface area contributed by atoms with E-state index in [1.54, 1.807) is 5.38 Å². The lowest BCUT2D eigenvalue weighted by atomic mass is 9.84. The van der Waals surface area contributed by atoms with E-state index in [9.17, 15) is 9.59 Å². The quantitative estimate of drug-likeness (QED) is 0.659. The van der Waals surface area contributed by atoms with Gasteiger partial charge in [-0.3, -0.25) is 4.79 Å². The van der Waals surface area contributed by atoms with Crippen LogP contribution >= 0.6 is 11.3 Å². The molecule has 1 amide bonds. The molecule has 0 aromatic carbocycles. The first-order chi connectivity index (χ1) is 11.2. The Balaban J connectivity index is 2.70. The van der Waals surface area contributed by atoms with Gasteiger partial charge in [0.25, 0.3) is 0 Å². The molecule has 0 bridgehead atoms. The van der Waals surface area contributed by atoms with Gasteiger partial charge < -0.3 is 9.64 Å². The van der Waals surface area contributed by atoms with E-state index in [0.29, 0.717) is 31.1 Å². The summed E-state index contributed by atoms with van der Waals surface area (Å²) in [6.45, 7) is 11.9. The zero-order valence-corrected chi connectivity index (χ0v) is 16.5. The third-order valence-corrected chi connectivity index (χ3v) is 4.44. The second-order valence-corrected chi connectivity index (χ2v) is 8.45. The molecule has 0 aliphatic rings. The van der Waals surface area contributed by atoms with Crippen molar-refractivity contribution in [1.82, 2.24) is 9.88 Å². The zero-order chi connectivity index (χ0) is 18.3. The number of aromatic nitrogens is 1. The highest BCUT2D eigenvalue weighted by atomic mass is 32.1. The Morgan fingerprint density at radius 1 is 1.38 bits per heavy atom. The molecule has 0 saturated carbocycles. The molecular formula is C18H30N2O3S. The Morgan fingerprint density at radius 3 is 2.58 bits per heavy atom. The first kappa shape index (κ1) is 20.6. The molecule has 0 N–H and O–H groups in total. The first-order valence-corrected chi connectivity index (χ1v) is 9.34. The van der Waals surface area contributed by atoms with E-state index in [0.717, 1.165) is 17.8 Å². The Labute approximate surface area is 149 Å². The maximum absolute atomic E-state index is 12.6. The summed E-state index contributed by atoms with van der Waals surface area (Å²) in [5.41, 5.74) is 0.530. The summed E-state index contributed by atoms with van der Waals surface area (Å²) in [6, 6.07) is 0. The van der Waals surface area contributed by atoms with Crippen LogP contribution < -0.4 is 0 Å². The van der Waals surface area contributed by atoms with Crippen LogP contribution in [0.3, 0.4) is 0 Å². The van der Waals surface area contributed by atoms with Gasteiger partial charge in [0.15, 0.2) is 5.69 Å². The van der Waals surface area contributed by atoms with E-state index in [4.69, 9.17) is 0 Å². The fraction of sp³-hybridized carbons (Fsp3) is 0.722. The summed E-state index contributed by atoms with van der Waals surface area (Å²) in [7, 11) is 1.34. The van der Waals surface area contributed by atoms with E-state index >= 15 is 0 Å². The van der Waals surface area contributed by atoms with Gasteiger partial charge in [-0.2, -0.15) is 0 Å². The van der Waals surface area contributed by atoms with Crippen molar-refractivity contribution in [2.45, 2.75) is 60.4 Å². The van der Waals surface area contributed by atoms with Crippen LogP contribution in [-0.2, 0) is 16.1 Å². The minimum atomic E-state index is -0.440. The number of hydrogen-bond donors (Lipinski definition) is 0. The fourth-order valence-electron chi connectivity index (χ4n) is 2.85. The molecule has 0 radical (unpaired) electrons. The number of amides is 1. The second-order valence-electron chi connectivity index (χ2n) is 7.51. The Morgan fingerprint density at radius 2 is 2.04 bits per heavy atom. The van der Waals surface area contributed by atoms with Crippen molar-refractivity contribution in [2.75, 3.05) is 13.7 Å². The standard InChI is InChI=1S/C18H30N2O3S/c1-7-8-20(16(21)9-13(2)10-18(3,4)5)11-15-19-14(12-24-15)17(22)23-6/h12-13H,7-11H2,1-6H3/t13-/m1/s1. The Bertz CT molecular complexity index is 549. The summed E-state index contributed by atoms with van der Waals surface area (Å²) in [6.07, 6.45) is 2.46. The molecule has 1 rings (SSSR count). The molecule has 1 heterocycles. The highest BCUT2D eigenvalue weighted by Crippen LogP contribution is 2.26. The maximum Gasteiger partial charge on any atom is 0.357 e.